The van der Waals surface area contributed by atoms with Crippen molar-refractivity contribution in [3.8, 4) is 0 Å². The predicted molar refractivity (Wildman–Crippen MR) is 78.0 cm³/mol. The fourth-order valence-corrected chi connectivity index (χ4v) is 2.97. The molecule has 0 saturated carbocycles. The van der Waals surface area contributed by atoms with Gasteiger partial charge in [-0.1, -0.05) is 27.5 Å². The maximum absolute atomic E-state index is 6.11. The van der Waals surface area contributed by atoms with Crippen LogP contribution in [0.15, 0.2) is 34.9 Å². The minimum absolute atomic E-state index is 0.0856. The lowest BCUT2D eigenvalue weighted by Gasteiger charge is -2.18. The van der Waals surface area contributed by atoms with Gasteiger partial charge in [-0.15, -0.1) is 0 Å². The Labute approximate surface area is 120 Å². The SMILES string of the molecule is CCn1nccc1C(NC)c1cc(Cl)cc(Br)c1. The summed E-state index contributed by atoms with van der Waals surface area (Å²) in [5.74, 6) is 0. The predicted octanol–water partition coefficient (Wildman–Crippen LogP) is 3.63. The van der Waals surface area contributed by atoms with Crippen LogP contribution in [-0.4, -0.2) is 16.8 Å². The third-order valence-electron chi connectivity index (χ3n) is 2.85. The normalized spacial score (nSPS) is 12.7. The number of aromatic nitrogens is 2. The van der Waals surface area contributed by atoms with Crippen molar-refractivity contribution in [3.63, 3.8) is 0 Å². The van der Waals surface area contributed by atoms with Crippen LogP contribution in [0.4, 0.5) is 0 Å². The highest BCUT2D eigenvalue weighted by atomic mass is 79.9. The van der Waals surface area contributed by atoms with Crippen LogP contribution in [0, 0.1) is 0 Å². The van der Waals surface area contributed by atoms with Crippen LogP contribution in [0.25, 0.3) is 0 Å². The fourth-order valence-electron chi connectivity index (χ4n) is 2.08. The molecule has 0 radical (unpaired) electrons. The van der Waals surface area contributed by atoms with E-state index in [9.17, 15) is 0 Å². The quantitative estimate of drug-likeness (QED) is 0.929. The smallest absolute Gasteiger partial charge is 0.0746 e. The highest BCUT2D eigenvalue weighted by Gasteiger charge is 2.16. The van der Waals surface area contributed by atoms with Crippen molar-refractivity contribution in [1.82, 2.24) is 15.1 Å². The summed E-state index contributed by atoms with van der Waals surface area (Å²) in [6.07, 6.45) is 1.82. The van der Waals surface area contributed by atoms with Crippen LogP contribution in [-0.2, 0) is 6.54 Å². The maximum Gasteiger partial charge on any atom is 0.0746 e. The average Bonchev–Trinajstić information content (AvgIpc) is 2.77. The highest BCUT2D eigenvalue weighted by molar-refractivity contribution is 9.10. The van der Waals surface area contributed by atoms with E-state index in [-0.39, 0.29) is 6.04 Å². The average molecular weight is 329 g/mol. The second-order valence-electron chi connectivity index (χ2n) is 4.00. The Bertz CT molecular complexity index is 519. The minimum Gasteiger partial charge on any atom is -0.308 e. The molecule has 0 bridgehead atoms. The van der Waals surface area contributed by atoms with Crippen molar-refractivity contribution >= 4 is 27.5 Å². The zero-order valence-electron chi connectivity index (χ0n) is 10.3. The Hall–Kier alpha value is -0.840. The van der Waals surface area contributed by atoms with Gasteiger partial charge in [0, 0.05) is 22.2 Å². The van der Waals surface area contributed by atoms with E-state index < -0.39 is 0 Å². The Kier molecular flexibility index (Phi) is 4.43. The van der Waals surface area contributed by atoms with Gasteiger partial charge in [-0.3, -0.25) is 4.68 Å². The maximum atomic E-state index is 6.11. The monoisotopic (exact) mass is 327 g/mol. The first-order valence-electron chi connectivity index (χ1n) is 5.80. The van der Waals surface area contributed by atoms with Crippen LogP contribution < -0.4 is 5.32 Å². The van der Waals surface area contributed by atoms with Crippen molar-refractivity contribution < 1.29 is 0 Å². The summed E-state index contributed by atoms with van der Waals surface area (Å²) in [6, 6.07) is 8.04. The number of hydrogen-bond acceptors (Lipinski definition) is 2. The molecule has 1 N–H and O–H groups in total. The molecule has 0 amide bonds. The molecule has 0 aliphatic heterocycles. The minimum atomic E-state index is 0.0856. The summed E-state index contributed by atoms with van der Waals surface area (Å²) in [5.41, 5.74) is 2.25. The van der Waals surface area contributed by atoms with Gasteiger partial charge >= 0.3 is 0 Å². The summed E-state index contributed by atoms with van der Waals surface area (Å²) >= 11 is 9.58. The molecule has 0 aliphatic rings. The number of nitrogens with zero attached hydrogens (tertiary/aromatic N) is 2. The van der Waals surface area contributed by atoms with Crippen molar-refractivity contribution in [1.29, 1.82) is 0 Å². The van der Waals surface area contributed by atoms with Gasteiger partial charge in [-0.2, -0.15) is 5.10 Å². The van der Waals surface area contributed by atoms with Gasteiger partial charge in [0.25, 0.3) is 0 Å². The van der Waals surface area contributed by atoms with Gasteiger partial charge in [0.2, 0.25) is 0 Å². The lowest BCUT2D eigenvalue weighted by atomic mass is 10.0. The molecule has 5 heteroatoms. The molecule has 18 heavy (non-hydrogen) atoms. The van der Waals surface area contributed by atoms with Crippen molar-refractivity contribution in [2.45, 2.75) is 19.5 Å². The first-order valence-corrected chi connectivity index (χ1v) is 6.97. The van der Waals surface area contributed by atoms with E-state index in [1.807, 2.05) is 36.1 Å². The highest BCUT2D eigenvalue weighted by Crippen LogP contribution is 2.27. The van der Waals surface area contributed by atoms with E-state index in [1.54, 1.807) is 0 Å². The van der Waals surface area contributed by atoms with Crippen molar-refractivity contribution in [2.75, 3.05) is 7.05 Å². The Morgan fingerprint density at radius 2 is 2.22 bits per heavy atom. The Balaban J connectivity index is 2.45. The first-order chi connectivity index (χ1) is 8.65. The van der Waals surface area contributed by atoms with Crippen LogP contribution in [0.2, 0.25) is 5.02 Å². The van der Waals surface area contributed by atoms with E-state index >= 15 is 0 Å². The van der Waals surface area contributed by atoms with Crippen LogP contribution in [0.5, 0.6) is 0 Å². The largest absolute Gasteiger partial charge is 0.308 e. The standard InChI is InChI=1S/C13H15BrClN3/c1-3-18-12(4-5-17-18)13(16-2)9-6-10(14)8-11(15)7-9/h4-8,13,16H,3H2,1-2H3. The number of rotatable bonds is 4. The summed E-state index contributed by atoms with van der Waals surface area (Å²) in [7, 11) is 1.94. The molecule has 1 atom stereocenters. The molecular formula is C13H15BrClN3. The number of benzene rings is 1. The van der Waals surface area contributed by atoms with E-state index in [2.05, 4.69) is 39.3 Å². The van der Waals surface area contributed by atoms with Gasteiger partial charge < -0.3 is 5.32 Å². The lowest BCUT2D eigenvalue weighted by molar-refractivity contribution is 0.563. The number of nitrogens with one attached hydrogen (secondary N) is 1. The fraction of sp³-hybridized carbons (Fsp3) is 0.308. The molecule has 0 fully saturated rings. The number of halogens is 2. The van der Waals surface area contributed by atoms with E-state index in [4.69, 9.17) is 11.6 Å². The zero-order valence-corrected chi connectivity index (χ0v) is 12.7. The molecule has 1 heterocycles. The topological polar surface area (TPSA) is 29.9 Å². The van der Waals surface area contributed by atoms with E-state index in [1.165, 1.54) is 0 Å². The molecule has 0 saturated heterocycles. The summed E-state index contributed by atoms with van der Waals surface area (Å²) in [6.45, 7) is 2.93. The molecule has 2 rings (SSSR count). The second kappa shape index (κ2) is 5.87. The number of hydrogen-bond donors (Lipinski definition) is 1. The Morgan fingerprint density at radius 3 is 2.83 bits per heavy atom. The van der Waals surface area contributed by atoms with E-state index in [0.29, 0.717) is 0 Å². The second-order valence-corrected chi connectivity index (χ2v) is 5.35. The third-order valence-corrected chi connectivity index (χ3v) is 3.53. The summed E-state index contributed by atoms with van der Waals surface area (Å²) < 4.78 is 2.96. The molecule has 96 valence electrons. The van der Waals surface area contributed by atoms with Crippen LogP contribution in [0.1, 0.15) is 24.2 Å². The molecule has 1 aromatic heterocycles. The third kappa shape index (κ3) is 2.76. The summed E-state index contributed by atoms with van der Waals surface area (Å²) in [4.78, 5) is 0. The molecular weight excluding hydrogens is 314 g/mol. The summed E-state index contributed by atoms with van der Waals surface area (Å²) in [5, 5.41) is 8.34. The van der Waals surface area contributed by atoms with Gasteiger partial charge in [0.1, 0.15) is 0 Å². The van der Waals surface area contributed by atoms with Gasteiger partial charge in [-0.05, 0) is 43.8 Å². The van der Waals surface area contributed by atoms with Crippen LogP contribution in [0.3, 0.4) is 0 Å². The zero-order chi connectivity index (χ0) is 13.1. The van der Waals surface area contributed by atoms with Gasteiger partial charge in [0.15, 0.2) is 0 Å². The molecule has 2 aromatic rings. The Morgan fingerprint density at radius 1 is 1.44 bits per heavy atom. The van der Waals surface area contributed by atoms with Gasteiger partial charge in [-0.25, -0.2) is 0 Å². The van der Waals surface area contributed by atoms with Crippen molar-refractivity contribution in [3.05, 3.63) is 51.2 Å². The molecule has 0 aliphatic carbocycles. The molecule has 3 nitrogen and oxygen atoms in total. The first kappa shape index (κ1) is 13.6. The van der Waals surface area contributed by atoms with Crippen LogP contribution >= 0.6 is 27.5 Å². The van der Waals surface area contributed by atoms with E-state index in [0.717, 1.165) is 27.3 Å². The molecule has 1 aromatic carbocycles. The lowest BCUT2D eigenvalue weighted by Crippen LogP contribution is -2.21. The van der Waals surface area contributed by atoms with Gasteiger partial charge in [0.05, 0.1) is 11.7 Å². The number of aryl methyl sites for hydroxylation is 1. The molecule has 0 spiro atoms. The molecule has 1 unspecified atom stereocenters. The van der Waals surface area contributed by atoms with Crippen molar-refractivity contribution in [2.24, 2.45) is 0 Å².